The maximum absolute atomic E-state index is 13.3. The Morgan fingerprint density at radius 3 is 2.80 bits per heavy atom. The molecule has 0 aliphatic rings. The van der Waals surface area contributed by atoms with Crippen LogP contribution in [0.15, 0.2) is 34.6 Å². The van der Waals surface area contributed by atoms with E-state index in [4.69, 9.17) is 0 Å². The van der Waals surface area contributed by atoms with Crippen molar-refractivity contribution in [3.05, 3.63) is 51.7 Å². The Morgan fingerprint density at radius 2 is 2.16 bits per heavy atom. The number of hydrogen-bond acceptors (Lipinski definition) is 3. The molecule has 0 atom stereocenters. The van der Waals surface area contributed by atoms with E-state index >= 15 is 0 Å². The Balaban J connectivity index is 0.00000312. The van der Waals surface area contributed by atoms with Gasteiger partial charge in [-0.2, -0.15) is 0 Å². The minimum absolute atomic E-state index is 0. The second-order valence-corrected chi connectivity index (χ2v) is 6.74. The summed E-state index contributed by atoms with van der Waals surface area (Å²) in [5.74, 6) is 0.616. The number of aryl methyl sites for hydroxylation is 2. The highest BCUT2D eigenvalue weighted by Crippen LogP contribution is 2.11. The zero-order valence-corrected chi connectivity index (χ0v) is 18.1. The van der Waals surface area contributed by atoms with Crippen LogP contribution in [0.25, 0.3) is 0 Å². The Bertz CT molecular complexity index is 675. The first-order chi connectivity index (χ1) is 11.6. The molecule has 2 aromatic rings. The largest absolute Gasteiger partial charge is 0.356 e. The van der Waals surface area contributed by atoms with Crippen molar-refractivity contribution in [1.82, 2.24) is 15.2 Å². The summed E-state index contributed by atoms with van der Waals surface area (Å²) in [5.41, 5.74) is 2.03. The fourth-order valence-electron chi connectivity index (χ4n) is 2.49. The van der Waals surface area contributed by atoms with Gasteiger partial charge >= 0.3 is 0 Å². The van der Waals surface area contributed by atoms with Crippen molar-refractivity contribution < 1.29 is 4.39 Å². The molecule has 0 saturated heterocycles. The van der Waals surface area contributed by atoms with E-state index in [1.165, 1.54) is 11.1 Å². The van der Waals surface area contributed by atoms with Crippen LogP contribution in [0.5, 0.6) is 0 Å². The molecule has 1 aromatic carbocycles. The van der Waals surface area contributed by atoms with Crippen molar-refractivity contribution in [3.8, 4) is 0 Å². The fraction of sp³-hybridized carbons (Fsp3) is 0.444. The Hall–Kier alpha value is -1.22. The van der Waals surface area contributed by atoms with E-state index in [0.717, 1.165) is 43.0 Å². The molecule has 2 rings (SSSR count). The number of halogens is 2. The maximum atomic E-state index is 13.3. The molecular weight excluding hydrogens is 450 g/mol. The predicted octanol–water partition coefficient (Wildman–Crippen LogP) is 4.24. The Labute approximate surface area is 170 Å². The van der Waals surface area contributed by atoms with E-state index < -0.39 is 0 Å². The molecule has 1 N–H and O–H groups in total. The highest BCUT2D eigenvalue weighted by Gasteiger charge is 2.07. The molecule has 0 saturated carbocycles. The highest BCUT2D eigenvalue weighted by molar-refractivity contribution is 14.0. The van der Waals surface area contributed by atoms with Crippen LogP contribution in [-0.4, -0.2) is 36.5 Å². The van der Waals surface area contributed by atoms with E-state index in [0.29, 0.717) is 6.54 Å². The van der Waals surface area contributed by atoms with Gasteiger partial charge in [-0.25, -0.2) is 9.37 Å². The topological polar surface area (TPSA) is 40.5 Å². The quantitative estimate of drug-likeness (QED) is 0.281. The normalized spacial score (nSPS) is 11.1. The first-order valence-electron chi connectivity index (χ1n) is 8.15. The lowest BCUT2D eigenvalue weighted by Crippen LogP contribution is -2.38. The summed E-state index contributed by atoms with van der Waals surface area (Å²) in [5, 5.41) is 6.66. The third-order valence-electron chi connectivity index (χ3n) is 3.65. The van der Waals surface area contributed by atoms with Crippen molar-refractivity contribution in [1.29, 1.82) is 0 Å². The van der Waals surface area contributed by atoms with Gasteiger partial charge in [-0.1, -0.05) is 12.1 Å². The van der Waals surface area contributed by atoms with Crippen LogP contribution in [-0.2, 0) is 13.0 Å². The molecule has 1 aromatic heterocycles. The fourth-order valence-corrected chi connectivity index (χ4v) is 3.31. The van der Waals surface area contributed by atoms with Crippen LogP contribution < -0.4 is 5.32 Å². The summed E-state index contributed by atoms with van der Waals surface area (Å²) in [7, 11) is 3.72. The van der Waals surface area contributed by atoms with Gasteiger partial charge in [0.25, 0.3) is 0 Å². The molecule has 1 heterocycles. The molecular formula is C18H26FIN4S. The smallest absolute Gasteiger partial charge is 0.193 e. The van der Waals surface area contributed by atoms with Crippen LogP contribution >= 0.6 is 35.3 Å². The standard InChI is InChI=1S/C18H25FN4S.HI/c1-14-13-24-17(22-14)9-4-5-10-21-18(20-2)23(3)12-15-7-6-8-16(19)11-15;/h6-8,11,13H,4-5,9-10,12H2,1-3H3,(H,20,21);1H. The number of unbranched alkanes of at least 4 members (excludes halogenated alkanes) is 1. The third kappa shape index (κ3) is 7.68. The second kappa shape index (κ2) is 11.4. The lowest BCUT2D eigenvalue weighted by atomic mass is 10.2. The second-order valence-electron chi connectivity index (χ2n) is 5.80. The summed E-state index contributed by atoms with van der Waals surface area (Å²) < 4.78 is 13.3. The van der Waals surface area contributed by atoms with Crippen LogP contribution in [0, 0.1) is 12.7 Å². The van der Waals surface area contributed by atoms with Crippen LogP contribution in [0.1, 0.15) is 29.1 Å². The van der Waals surface area contributed by atoms with E-state index in [2.05, 4.69) is 20.7 Å². The van der Waals surface area contributed by atoms with Crippen molar-refractivity contribution in [3.63, 3.8) is 0 Å². The first kappa shape index (κ1) is 21.8. The molecule has 0 bridgehead atoms. The number of aromatic nitrogens is 1. The lowest BCUT2D eigenvalue weighted by molar-refractivity contribution is 0.473. The van der Waals surface area contributed by atoms with E-state index in [1.807, 2.05) is 24.9 Å². The number of aliphatic imine (C=N–C) groups is 1. The van der Waals surface area contributed by atoms with Gasteiger partial charge in [0.05, 0.1) is 5.01 Å². The van der Waals surface area contributed by atoms with Gasteiger partial charge in [0, 0.05) is 38.3 Å². The maximum Gasteiger partial charge on any atom is 0.193 e. The summed E-state index contributed by atoms with van der Waals surface area (Å²) >= 11 is 1.73. The summed E-state index contributed by atoms with van der Waals surface area (Å²) in [4.78, 5) is 10.8. The zero-order valence-electron chi connectivity index (χ0n) is 15.0. The number of guanidine groups is 1. The monoisotopic (exact) mass is 476 g/mol. The van der Waals surface area contributed by atoms with Gasteiger partial charge in [-0.15, -0.1) is 35.3 Å². The molecule has 138 valence electrons. The Kier molecular flexibility index (Phi) is 9.96. The van der Waals surface area contributed by atoms with Crippen LogP contribution in [0.2, 0.25) is 0 Å². The van der Waals surface area contributed by atoms with Crippen molar-refractivity contribution in [2.75, 3.05) is 20.6 Å². The van der Waals surface area contributed by atoms with Crippen molar-refractivity contribution in [2.24, 2.45) is 4.99 Å². The summed E-state index contributed by atoms with van der Waals surface area (Å²) in [6.45, 7) is 3.51. The number of nitrogens with zero attached hydrogens (tertiary/aromatic N) is 3. The minimum Gasteiger partial charge on any atom is -0.356 e. The number of benzene rings is 1. The summed E-state index contributed by atoms with van der Waals surface area (Å²) in [6.07, 6.45) is 3.19. The Morgan fingerprint density at radius 1 is 1.36 bits per heavy atom. The van der Waals surface area contributed by atoms with E-state index in [9.17, 15) is 4.39 Å². The van der Waals surface area contributed by atoms with Gasteiger partial charge in [0.1, 0.15) is 5.82 Å². The average molecular weight is 476 g/mol. The minimum atomic E-state index is -0.207. The molecule has 0 aliphatic heterocycles. The van der Waals surface area contributed by atoms with Gasteiger partial charge in [0.2, 0.25) is 0 Å². The molecule has 0 amide bonds. The molecule has 4 nitrogen and oxygen atoms in total. The SMILES string of the molecule is CN=C(NCCCCc1nc(C)cs1)N(C)Cc1cccc(F)c1.I. The first-order valence-corrected chi connectivity index (χ1v) is 9.03. The number of thiazole rings is 1. The third-order valence-corrected chi connectivity index (χ3v) is 4.68. The van der Waals surface area contributed by atoms with Crippen molar-refractivity contribution >= 4 is 41.3 Å². The van der Waals surface area contributed by atoms with Gasteiger partial charge in [-0.3, -0.25) is 4.99 Å². The van der Waals surface area contributed by atoms with E-state index in [-0.39, 0.29) is 29.8 Å². The molecule has 0 fully saturated rings. The summed E-state index contributed by atoms with van der Waals surface area (Å²) in [6, 6.07) is 6.66. The average Bonchev–Trinajstić information content (AvgIpc) is 2.96. The van der Waals surface area contributed by atoms with Gasteiger partial charge in [-0.05, 0) is 43.9 Å². The number of rotatable bonds is 7. The van der Waals surface area contributed by atoms with Crippen LogP contribution in [0.4, 0.5) is 4.39 Å². The number of nitrogens with one attached hydrogen (secondary N) is 1. The highest BCUT2D eigenvalue weighted by atomic mass is 127. The van der Waals surface area contributed by atoms with Crippen molar-refractivity contribution in [2.45, 2.75) is 32.7 Å². The van der Waals surface area contributed by atoms with Gasteiger partial charge in [0.15, 0.2) is 5.96 Å². The van der Waals surface area contributed by atoms with E-state index in [1.54, 1.807) is 30.5 Å². The molecule has 0 aliphatic carbocycles. The molecule has 25 heavy (non-hydrogen) atoms. The molecule has 0 spiro atoms. The van der Waals surface area contributed by atoms with Gasteiger partial charge < -0.3 is 10.2 Å². The molecule has 7 heteroatoms. The lowest BCUT2D eigenvalue weighted by Gasteiger charge is -2.22. The molecule has 0 unspecified atom stereocenters. The zero-order chi connectivity index (χ0) is 17.4. The predicted molar refractivity (Wildman–Crippen MR) is 114 cm³/mol. The van der Waals surface area contributed by atoms with Crippen LogP contribution in [0.3, 0.4) is 0 Å². The number of hydrogen-bond donors (Lipinski definition) is 1. The molecule has 0 radical (unpaired) electrons.